The van der Waals surface area contributed by atoms with Gasteiger partial charge in [-0.05, 0) is 24.1 Å². The molecule has 1 unspecified atom stereocenters. The number of hydrogen-bond donors (Lipinski definition) is 2. The number of anilines is 1. The van der Waals surface area contributed by atoms with Gasteiger partial charge in [0.05, 0.1) is 13.2 Å². The molecule has 2 rings (SSSR count). The van der Waals surface area contributed by atoms with Gasteiger partial charge >= 0.3 is 6.03 Å². The minimum atomic E-state index is -0.223. The molecular weight excluding hydrogens is 264 g/mol. The summed E-state index contributed by atoms with van der Waals surface area (Å²) in [6.07, 6.45) is 0.829. The fourth-order valence-corrected chi connectivity index (χ4v) is 2.13. The van der Waals surface area contributed by atoms with E-state index in [-0.39, 0.29) is 12.1 Å². The zero-order valence-electron chi connectivity index (χ0n) is 12.3. The van der Waals surface area contributed by atoms with Crippen LogP contribution in [0.3, 0.4) is 0 Å². The van der Waals surface area contributed by atoms with Crippen molar-refractivity contribution in [2.45, 2.75) is 19.4 Å². The van der Waals surface area contributed by atoms with Gasteiger partial charge in [-0.3, -0.25) is 0 Å². The number of hydrogen-bond acceptors (Lipinski definition) is 2. The van der Waals surface area contributed by atoms with Gasteiger partial charge in [-0.15, -0.1) is 0 Å². The second kappa shape index (κ2) is 7.33. The summed E-state index contributed by atoms with van der Waals surface area (Å²) in [6.45, 7) is 2.05. The largest absolute Gasteiger partial charge is 0.497 e. The Morgan fingerprint density at radius 1 is 1.14 bits per heavy atom. The van der Waals surface area contributed by atoms with Gasteiger partial charge in [-0.25, -0.2) is 4.79 Å². The van der Waals surface area contributed by atoms with Gasteiger partial charge in [0.15, 0.2) is 0 Å². The monoisotopic (exact) mass is 284 g/mol. The first-order valence-corrected chi connectivity index (χ1v) is 6.99. The first-order valence-electron chi connectivity index (χ1n) is 6.99. The lowest BCUT2D eigenvalue weighted by Crippen LogP contribution is -2.32. The summed E-state index contributed by atoms with van der Waals surface area (Å²) in [5.74, 6) is 0.711. The van der Waals surface area contributed by atoms with Crippen molar-refractivity contribution in [3.05, 3.63) is 60.2 Å². The highest BCUT2D eigenvalue weighted by Gasteiger charge is 2.12. The highest BCUT2D eigenvalue weighted by atomic mass is 16.5. The topological polar surface area (TPSA) is 50.4 Å². The number of amides is 2. The second-order valence-corrected chi connectivity index (χ2v) is 4.70. The van der Waals surface area contributed by atoms with Crippen LogP contribution in [0.5, 0.6) is 5.75 Å². The third kappa shape index (κ3) is 4.24. The molecule has 21 heavy (non-hydrogen) atoms. The van der Waals surface area contributed by atoms with Crippen LogP contribution in [-0.4, -0.2) is 13.1 Å². The van der Waals surface area contributed by atoms with E-state index in [4.69, 9.17) is 4.74 Å². The average Bonchev–Trinajstić information content (AvgIpc) is 2.53. The summed E-state index contributed by atoms with van der Waals surface area (Å²) in [6, 6.07) is 17.0. The Morgan fingerprint density at radius 3 is 2.57 bits per heavy atom. The van der Waals surface area contributed by atoms with E-state index in [0.29, 0.717) is 11.4 Å². The summed E-state index contributed by atoms with van der Waals surface area (Å²) in [5, 5.41) is 5.80. The van der Waals surface area contributed by atoms with Crippen molar-refractivity contribution in [2.24, 2.45) is 0 Å². The Balaban J connectivity index is 2.00. The quantitative estimate of drug-likeness (QED) is 0.873. The van der Waals surface area contributed by atoms with Gasteiger partial charge in [0.1, 0.15) is 5.75 Å². The molecule has 0 heterocycles. The number of rotatable bonds is 5. The van der Waals surface area contributed by atoms with E-state index in [9.17, 15) is 4.79 Å². The first-order chi connectivity index (χ1) is 10.2. The fourth-order valence-electron chi connectivity index (χ4n) is 2.13. The van der Waals surface area contributed by atoms with Gasteiger partial charge in [-0.2, -0.15) is 0 Å². The third-order valence-corrected chi connectivity index (χ3v) is 3.24. The SMILES string of the molecule is CCC(NC(=O)Nc1cccc(OC)c1)c1ccccc1. The van der Waals surface area contributed by atoms with E-state index >= 15 is 0 Å². The molecule has 1 atom stereocenters. The van der Waals surface area contributed by atoms with Crippen LogP contribution in [-0.2, 0) is 0 Å². The minimum absolute atomic E-state index is 0.00296. The van der Waals surface area contributed by atoms with E-state index in [1.807, 2.05) is 55.5 Å². The molecule has 2 amide bonds. The van der Waals surface area contributed by atoms with Crippen LogP contribution in [0.1, 0.15) is 24.9 Å². The van der Waals surface area contributed by atoms with E-state index < -0.39 is 0 Å². The number of benzene rings is 2. The van der Waals surface area contributed by atoms with E-state index in [1.54, 1.807) is 13.2 Å². The molecule has 0 aliphatic heterocycles. The van der Waals surface area contributed by atoms with Gasteiger partial charge in [0.25, 0.3) is 0 Å². The molecule has 0 bridgehead atoms. The van der Waals surface area contributed by atoms with Crippen LogP contribution in [0, 0.1) is 0 Å². The number of ether oxygens (including phenoxy) is 1. The fraction of sp³-hybridized carbons (Fsp3) is 0.235. The maximum Gasteiger partial charge on any atom is 0.319 e. The highest BCUT2D eigenvalue weighted by molar-refractivity contribution is 5.89. The third-order valence-electron chi connectivity index (χ3n) is 3.24. The summed E-state index contributed by atoms with van der Waals surface area (Å²) < 4.78 is 5.14. The van der Waals surface area contributed by atoms with E-state index in [0.717, 1.165) is 12.0 Å². The van der Waals surface area contributed by atoms with Crippen LogP contribution in [0.15, 0.2) is 54.6 Å². The smallest absolute Gasteiger partial charge is 0.319 e. The number of urea groups is 1. The molecule has 2 aromatic carbocycles. The van der Waals surface area contributed by atoms with Crippen LogP contribution in [0.2, 0.25) is 0 Å². The van der Waals surface area contributed by atoms with Crippen molar-refractivity contribution in [3.8, 4) is 5.75 Å². The molecule has 110 valence electrons. The van der Waals surface area contributed by atoms with Gasteiger partial charge < -0.3 is 15.4 Å². The standard InChI is InChI=1S/C17H20N2O2/c1-3-16(13-8-5-4-6-9-13)19-17(20)18-14-10-7-11-15(12-14)21-2/h4-12,16H,3H2,1-2H3,(H2,18,19,20). The number of nitrogens with one attached hydrogen (secondary N) is 2. The highest BCUT2D eigenvalue weighted by Crippen LogP contribution is 2.18. The van der Waals surface area contributed by atoms with Crippen LogP contribution >= 0.6 is 0 Å². The zero-order chi connectivity index (χ0) is 15.1. The molecular formula is C17H20N2O2. The van der Waals surface area contributed by atoms with Gasteiger partial charge in [0, 0.05) is 11.8 Å². The number of carbonyl (C=O) groups excluding carboxylic acids is 1. The van der Waals surface area contributed by atoms with Crippen LogP contribution in [0.4, 0.5) is 10.5 Å². The Kier molecular flexibility index (Phi) is 5.21. The molecule has 0 fully saturated rings. The Labute approximate surface area is 125 Å². The molecule has 0 spiro atoms. The molecule has 0 saturated carbocycles. The van der Waals surface area contributed by atoms with Crippen molar-refractivity contribution in [2.75, 3.05) is 12.4 Å². The average molecular weight is 284 g/mol. The lowest BCUT2D eigenvalue weighted by molar-refractivity contribution is 0.248. The number of carbonyl (C=O) groups is 1. The zero-order valence-corrected chi connectivity index (χ0v) is 12.3. The van der Waals surface area contributed by atoms with E-state index in [2.05, 4.69) is 10.6 Å². The predicted octanol–water partition coefficient (Wildman–Crippen LogP) is 3.97. The molecule has 2 aromatic rings. The predicted molar refractivity (Wildman–Crippen MR) is 84.6 cm³/mol. The Bertz CT molecular complexity index is 584. The summed E-state index contributed by atoms with van der Waals surface area (Å²) in [5.41, 5.74) is 1.80. The second-order valence-electron chi connectivity index (χ2n) is 4.70. The Morgan fingerprint density at radius 2 is 1.90 bits per heavy atom. The first kappa shape index (κ1) is 14.9. The molecule has 0 saturated heterocycles. The summed E-state index contributed by atoms with van der Waals surface area (Å²) in [7, 11) is 1.60. The molecule has 0 aliphatic carbocycles. The van der Waals surface area contributed by atoms with Gasteiger partial charge in [-0.1, -0.05) is 43.3 Å². The number of methoxy groups -OCH3 is 1. The van der Waals surface area contributed by atoms with Crippen molar-refractivity contribution >= 4 is 11.7 Å². The lowest BCUT2D eigenvalue weighted by Gasteiger charge is -2.18. The summed E-state index contributed by atoms with van der Waals surface area (Å²) in [4.78, 5) is 12.1. The normalized spacial score (nSPS) is 11.5. The van der Waals surface area contributed by atoms with E-state index in [1.165, 1.54) is 0 Å². The molecule has 0 aliphatic rings. The molecule has 4 heteroatoms. The summed E-state index contributed by atoms with van der Waals surface area (Å²) >= 11 is 0. The van der Waals surface area contributed by atoms with Crippen molar-refractivity contribution in [1.82, 2.24) is 5.32 Å². The van der Waals surface area contributed by atoms with Crippen molar-refractivity contribution < 1.29 is 9.53 Å². The van der Waals surface area contributed by atoms with Gasteiger partial charge in [0.2, 0.25) is 0 Å². The van der Waals surface area contributed by atoms with Crippen LogP contribution < -0.4 is 15.4 Å². The minimum Gasteiger partial charge on any atom is -0.497 e. The lowest BCUT2D eigenvalue weighted by atomic mass is 10.1. The van der Waals surface area contributed by atoms with Crippen LogP contribution in [0.25, 0.3) is 0 Å². The maximum absolute atomic E-state index is 12.1. The molecule has 0 aromatic heterocycles. The van der Waals surface area contributed by atoms with Crippen molar-refractivity contribution in [3.63, 3.8) is 0 Å². The maximum atomic E-state index is 12.1. The molecule has 4 nitrogen and oxygen atoms in total. The van der Waals surface area contributed by atoms with Crippen molar-refractivity contribution in [1.29, 1.82) is 0 Å². The Hall–Kier alpha value is -2.49. The molecule has 0 radical (unpaired) electrons. The molecule has 2 N–H and O–H groups in total.